The van der Waals surface area contributed by atoms with Crippen molar-refractivity contribution in [3.63, 3.8) is 0 Å². The topological polar surface area (TPSA) is 45.5 Å². The van der Waals surface area contributed by atoms with Crippen LogP contribution in [0.15, 0.2) is 42.5 Å². The molecule has 1 saturated heterocycles. The van der Waals surface area contributed by atoms with Crippen LogP contribution in [0.2, 0.25) is 25.7 Å². The lowest BCUT2D eigenvalue weighted by Gasteiger charge is -2.32. The van der Waals surface area contributed by atoms with Gasteiger partial charge in [-0.25, -0.2) is 4.68 Å². The Kier molecular flexibility index (Phi) is 6.49. The lowest BCUT2D eigenvalue weighted by Crippen LogP contribution is -2.41. The highest BCUT2D eigenvalue weighted by Crippen LogP contribution is 2.40. The monoisotopic (exact) mass is 520 g/mol. The summed E-state index contributed by atoms with van der Waals surface area (Å²) in [6.45, 7) is 18.9. The number of hydrogen-bond donors (Lipinski definition) is 0. The number of ether oxygens (including phenoxy) is 1. The number of aryl methyl sites for hydroxylation is 1. The number of fused-ring (bicyclic) bond motifs is 2. The van der Waals surface area contributed by atoms with Crippen molar-refractivity contribution in [2.24, 2.45) is 0 Å². The molecule has 2 aromatic heterocycles. The van der Waals surface area contributed by atoms with Gasteiger partial charge in [0.1, 0.15) is 12.2 Å². The first kappa shape index (κ1) is 25.7. The molecule has 0 radical (unpaired) electrons. The number of benzene rings is 2. The first-order valence-electron chi connectivity index (χ1n) is 12.8. The maximum atomic E-state index is 6.44. The van der Waals surface area contributed by atoms with E-state index in [0.717, 1.165) is 40.3 Å². The van der Waals surface area contributed by atoms with E-state index in [1.54, 1.807) is 11.3 Å². The van der Waals surface area contributed by atoms with E-state index in [-0.39, 0.29) is 0 Å². The summed E-state index contributed by atoms with van der Waals surface area (Å²) >= 11 is 1.80. The Labute approximate surface area is 219 Å². The van der Waals surface area contributed by atoms with Crippen LogP contribution >= 0.6 is 11.3 Å². The number of aromatic nitrogens is 2. The summed E-state index contributed by atoms with van der Waals surface area (Å²) in [4.78, 5) is 1.20. The molecule has 0 bridgehead atoms. The molecule has 0 aliphatic carbocycles. The predicted molar refractivity (Wildman–Crippen MR) is 155 cm³/mol. The molecule has 0 saturated carbocycles. The summed E-state index contributed by atoms with van der Waals surface area (Å²) in [5.41, 5.74) is 3.44. The van der Waals surface area contributed by atoms with Gasteiger partial charge < -0.3 is 14.0 Å². The van der Waals surface area contributed by atoms with Gasteiger partial charge in [0, 0.05) is 40.9 Å². The fourth-order valence-electron chi connectivity index (χ4n) is 4.45. The molecule has 2 aromatic carbocycles. The molecule has 8 heteroatoms. The molecule has 1 fully saturated rings. The van der Waals surface area contributed by atoms with Crippen molar-refractivity contribution in [1.82, 2.24) is 9.78 Å². The van der Waals surface area contributed by atoms with Gasteiger partial charge in [-0.1, -0.05) is 50.0 Å². The average molecular weight is 521 g/mol. The van der Waals surface area contributed by atoms with Crippen LogP contribution in [0.25, 0.3) is 31.4 Å². The van der Waals surface area contributed by atoms with Crippen molar-refractivity contribution in [3.05, 3.63) is 48.2 Å². The zero-order valence-corrected chi connectivity index (χ0v) is 24.6. The van der Waals surface area contributed by atoms with E-state index < -0.39 is 26.4 Å². The normalized spacial score (nSPS) is 17.5. The molecule has 4 aromatic rings. The largest absolute Gasteiger partial charge is 0.494 e. The third-order valence-corrected chi connectivity index (χ3v) is 10.4. The van der Waals surface area contributed by atoms with Gasteiger partial charge in [0.2, 0.25) is 0 Å². The Morgan fingerprint density at radius 2 is 1.72 bits per heavy atom. The SMILES string of the molecule is Cc1c2cc(B3OC(C)(C)C(C)(C)O3)cc(-c3cc4ccccc4s3)c2nn1COCC[Si](C)(C)C. The van der Waals surface area contributed by atoms with Gasteiger partial charge in [-0.15, -0.1) is 11.3 Å². The maximum Gasteiger partial charge on any atom is 0.494 e. The van der Waals surface area contributed by atoms with Crippen LogP contribution in [0.1, 0.15) is 33.4 Å². The van der Waals surface area contributed by atoms with Gasteiger partial charge in [-0.3, -0.25) is 0 Å². The second kappa shape index (κ2) is 9.10. The fourth-order valence-corrected chi connectivity index (χ4v) is 6.28. The van der Waals surface area contributed by atoms with E-state index in [2.05, 4.69) is 96.7 Å². The Morgan fingerprint density at radius 1 is 1.03 bits per heavy atom. The van der Waals surface area contributed by atoms with Gasteiger partial charge in [-0.05, 0) is 63.6 Å². The van der Waals surface area contributed by atoms with Crippen molar-refractivity contribution in [1.29, 1.82) is 0 Å². The molecule has 0 spiro atoms. The summed E-state index contributed by atoms with van der Waals surface area (Å²) in [5, 5.41) is 7.41. The van der Waals surface area contributed by atoms with Crippen molar-refractivity contribution < 1.29 is 14.0 Å². The van der Waals surface area contributed by atoms with Gasteiger partial charge in [-0.2, -0.15) is 5.10 Å². The highest BCUT2D eigenvalue weighted by atomic mass is 32.1. The van der Waals surface area contributed by atoms with E-state index in [1.807, 2.05) is 4.68 Å². The van der Waals surface area contributed by atoms with Crippen LogP contribution in [0.5, 0.6) is 0 Å². The average Bonchev–Trinajstić information content (AvgIpc) is 3.42. The Bertz CT molecular complexity index is 1370. The van der Waals surface area contributed by atoms with Gasteiger partial charge in [0.05, 0.1) is 11.2 Å². The van der Waals surface area contributed by atoms with Crippen LogP contribution in [-0.4, -0.2) is 42.8 Å². The van der Waals surface area contributed by atoms with Crippen molar-refractivity contribution >= 4 is 53.0 Å². The quantitative estimate of drug-likeness (QED) is 0.198. The highest BCUT2D eigenvalue weighted by Gasteiger charge is 2.51. The van der Waals surface area contributed by atoms with Crippen molar-refractivity contribution in [3.8, 4) is 10.4 Å². The van der Waals surface area contributed by atoms with Crippen molar-refractivity contribution in [2.75, 3.05) is 6.61 Å². The first-order chi connectivity index (χ1) is 16.8. The number of hydrogen-bond acceptors (Lipinski definition) is 5. The van der Waals surface area contributed by atoms with Gasteiger partial charge in [0.15, 0.2) is 0 Å². The van der Waals surface area contributed by atoms with Gasteiger partial charge >= 0.3 is 7.12 Å². The molecule has 5 nitrogen and oxygen atoms in total. The molecule has 0 unspecified atom stereocenters. The summed E-state index contributed by atoms with van der Waals surface area (Å²) in [7, 11) is -1.57. The van der Waals surface area contributed by atoms with Crippen LogP contribution in [0.3, 0.4) is 0 Å². The smallest absolute Gasteiger partial charge is 0.399 e. The van der Waals surface area contributed by atoms with Crippen LogP contribution < -0.4 is 5.46 Å². The Hall–Kier alpha value is -1.97. The fraction of sp³-hybridized carbons (Fsp3) is 0.464. The molecule has 36 heavy (non-hydrogen) atoms. The van der Waals surface area contributed by atoms with E-state index in [0.29, 0.717) is 6.73 Å². The van der Waals surface area contributed by atoms with Crippen LogP contribution in [-0.2, 0) is 20.8 Å². The highest BCUT2D eigenvalue weighted by molar-refractivity contribution is 7.22. The molecule has 3 heterocycles. The number of thiophene rings is 1. The first-order valence-corrected chi connectivity index (χ1v) is 17.3. The lowest BCUT2D eigenvalue weighted by molar-refractivity contribution is 0.00578. The molecule has 0 atom stereocenters. The predicted octanol–water partition coefficient (Wildman–Crippen LogP) is 6.84. The number of nitrogens with zero attached hydrogens (tertiary/aromatic N) is 2. The molecule has 190 valence electrons. The van der Waals surface area contributed by atoms with Gasteiger partial charge in [0.25, 0.3) is 0 Å². The molecule has 1 aliphatic rings. The zero-order valence-electron chi connectivity index (χ0n) is 22.8. The van der Waals surface area contributed by atoms with E-state index >= 15 is 0 Å². The summed E-state index contributed by atoms with van der Waals surface area (Å²) < 4.78 is 22.2. The van der Waals surface area contributed by atoms with Crippen LogP contribution in [0.4, 0.5) is 0 Å². The minimum absolute atomic E-state index is 0.395. The Balaban J connectivity index is 1.58. The lowest BCUT2D eigenvalue weighted by atomic mass is 9.77. The molecule has 0 N–H and O–H groups in total. The molecular weight excluding hydrogens is 483 g/mol. The van der Waals surface area contributed by atoms with Crippen LogP contribution in [0, 0.1) is 6.92 Å². The minimum Gasteiger partial charge on any atom is -0.399 e. The molecule has 0 amide bonds. The number of rotatable bonds is 7. The minimum atomic E-state index is -1.14. The third kappa shape index (κ3) is 4.82. The second-order valence-corrected chi connectivity index (χ2v) is 18.8. The standard InChI is InChI=1S/C28H37BN2O3SSi/c1-19-22-16-21(29-33-27(2,3)28(4,5)34-29)17-23(25-15-20-11-9-10-12-24(20)35-25)26(22)30-31(19)18-32-13-14-36(6,7)8/h9-12,15-17H,13-14,18H2,1-8H3. The summed E-state index contributed by atoms with van der Waals surface area (Å²) in [6.07, 6.45) is 0. The molecule has 1 aliphatic heterocycles. The van der Waals surface area contributed by atoms with Crippen molar-refractivity contribution in [2.45, 2.75) is 78.2 Å². The summed E-state index contributed by atoms with van der Waals surface area (Å²) in [6, 6.07) is 16.3. The summed E-state index contributed by atoms with van der Waals surface area (Å²) in [5.74, 6) is 0. The third-order valence-electron chi connectivity index (χ3n) is 7.56. The van der Waals surface area contributed by atoms with E-state index in [9.17, 15) is 0 Å². The maximum absolute atomic E-state index is 6.44. The van der Waals surface area contributed by atoms with E-state index in [4.69, 9.17) is 19.1 Å². The zero-order chi connectivity index (χ0) is 25.9. The Morgan fingerprint density at radius 3 is 2.39 bits per heavy atom. The molecule has 5 rings (SSSR count). The molecular formula is C28H37BN2O3SSi. The second-order valence-electron chi connectivity index (χ2n) is 12.1. The van der Waals surface area contributed by atoms with E-state index in [1.165, 1.54) is 15.0 Å².